The number of rotatable bonds is 4. The minimum atomic E-state index is 0.176. The van der Waals surface area contributed by atoms with Crippen LogP contribution in [0.15, 0.2) is 54.9 Å². The first-order valence-electron chi connectivity index (χ1n) is 6.80. The molecule has 2 heterocycles. The lowest BCUT2D eigenvalue weighted by Gasteiger charge is -2.04. The summed E-state index contributed by atoms with van der Waals surface area (Å²) in [5.41, 5.74) is 2.77. The number of benzene rings is 1. The zero-order chi connectivity index (χ0) is 13.9. The number of Topliss-reactive ketones (excluding diaryl/α,β-unsaturated/α-hetero) is 1. The Morgan fingerprint density at radius 2 is 2.00 bits per heavy atom. The van der Waals surface area contributed by atoms with E-state index < -0.39 is 0 Å². The minimum Gasteiger partial charge on any atom is -0.348 e. The molecule has 0 saturated heterocycles. The fourth-order valence-electron chi connectivity index (χ4n) is 2.29. The second kappa shape index (κ2) is 5.29. The van der Waals surface area contributed by atoms with Crippen LogP contribution in [0.5, 0.6) is 0 Å². The Hall–Kier alpha value is -2.42. The van der Waals surface area contributed by atoms with Crippen molar-refractivity contribution >= 4 is 16.7 Å². The molecule has 0 aliphatic rings. The van der Waals surface area contributed by atoms with E-state index in [0.717, 1.165) is 22.2 Å². The maximum atomic E-state index is 11.6. The summed E-state index contributed by atoms with van der Waals surface area (Å²) in [7, 11) is 0. The van der Waals surface area contributed by atoms with Crippen LogP contribution >= 0.6 is 0 Å². The fraction of sp³-hybridized carbons (Fsp3) is 0.176. The van der Waals surface area contributed by atoms with E-state index in [1.807, 2.05) is 54.2 Å². The maximum absolute atomic E-state index is 11.6. The van der Waals surface area contributed by atoms with Gasteiger partial charge in [0.15, 0.2) is 5.78 Å². The van der Waals surface area contributed by atoms with Gasteiger partial charge < -0.3 is 4.57 Å². The van der Waals surface area contributed by atoms with Crippen molar-refractivity contribution in [2.75, 3.05) is 0 Å². The number of fused-ring (bicyclic) bond motifs is 1. The summed E-state index contributed by atoms with van der Waals surface area (Å²) in [5, 5.41) is 1.14. The van der Waals surface area contributed by atoms with E-state index in [1.165, 1.54) is 0 Å². The molecule has 0 radical (unpaired) electrons. The quantitative estimate of drug-likeness (QED) is 0.674. The van der Waals surface area contributed by atoms with Gasteiger partial charge in [0.1, 0.15) is 0 Å². The smallest absolute Gasteiger partial charge is 0.164 e. The van der Waals surface area contributed by atoms with Crippen molar-refractivity contribution in [3.8, 4) is 0 Å². The molecule has 2 aromatic heterocycles. The molecule has 0 unspecified atom stereocenters. The predicted molar refractivity (Wildman–Crippen MR) is 79.9 cm³/mol. The molecule has 3 aromatic rings. The second-order valence-corrected chi connectivity index (χ2v) is 4.84. The van der Waals surface area contributed by atoms with Crippen molar-refractivity contribution in [2.45, 2.75) is 19.9 Å². The average Bonchev–Trinajstić information content (AvgIpc) is 2.95. The third-order valence-electron chi connectivity index (χ3n) is 3.39. The first-order valence-corrected chi connectivity index (χ1v) is 6.80. The number of nitrogens with zero attached hydrogens (tertiary/aromatic N) is 2. The Balaban J connectivity index is 1.85. The lowest BCUT2D eigenvalue weighted by Crippen LogP contribution is -2.00. The monoisotopic (exact) mass is 264 g/mol. The van der Waals surface area contributed by atoms with Gasteiger partial charge in [0.2, 0.25) is 0 Å². The van der Waals surface area contributed by atoms with E-state index in [1.54, 1.807) is 0 Å². The lowest BCUT2D eigenvalue weighted by molar-refractivity contribution is 0.0988. The SMILES string of the molecule is CCC(=O)c1ccn(Cc2ccc3ccccc3n2)c1. The summed E-state index contributed by atoms with van der Waals surface area (Å²) in [4.78, 5) is 16.3. The third-order valence-corrected chi connectivity index (χ3v) is 3.39. The largest absolute Gasteiger partial charge is 0.348 e. The number of aromatic nitrogens is 2. The van der Waals surface area contributed by atoms with E-state index in [0.29, 0.717) is 13.0 Å². The highest BCUT2D eigenvalue weighted by Gasteiger charge is 2.05. The molecule has 0 aliphatic carbocycles. The first-order chi connectivity index (χ1) is 9.76. The van der Waals surface area contributed by atoms with Crippen LogP contribution in [0.1, 0.15) is 29.4 Å². The molecule has 0 amide bonds. The van der Waals surface area contributed by atoms with Crippen LogP contribution in [-0.4, -0.2) is 15.3 Å². The normalized spacial score (nSPS) is 10.8. The zero-order valence-corrected chi connectivity index (χ0v) is 11.4. The van der Waals surface area contributed by atoms with Gasteiger partial charge in [-0.15, -0.1) is 0 Å². The minimum absolute atomic E-state index is 0.176. The molecule has 0 saturated carbocycles. The number of carbonyl (C=O) groups is 1. The summed E-state index contributed by atoms with van der Waals surface area (Å²) in [6, 6.07) is 14.1. The maximum Gasteiger partial charge on any atom is 0.164 e. The summed E-state index contributed by atoms with van der Waals surface area (Å²) in [6.07, 6.45) is 4.36. The lowest BCUT2D eigenvalue weighted by atomic mass is 10.2. The van der Waals surface area contributed by atoms with Crippen molar-refractivity contribution in [3.63, 3.8) is 0 Å². The van der Waals surface area contributed by atoms with Crippen LogP contribution in [0.2, 0.25) is 0 Å². The Bertz CT molecular complexity index is 758. The van der Waals surface area contributed by atoms with Gasteiger partial charge in [-0.05, 0) is 18.2 Å². The van der Waals surface area contributed by atoms with Crippen molar-refractivity contribution < 1.29 is 4.79 Å². The topological polar surface area (TPSA) is 34.9 Å². The molecule has 100 valence electrons. The first kappa shape index (κ1) is 12.6. The molecular weight excluding hydrogens is 248 g/mol. The zero-order valence-electron chi connectivity index (χ0n) is 11.4. The van der Waals surface area contributed by atoms with E-state index in [-0.39, 0.29) is 5.78 Å². The second-order valence-electron chi connectivity index (χ2n) is 4.84. The number of ketones is 1. The number of hydrogen-bond acceptors (Lipinski definition) is 2. The molecular formula is C17H16N2O. The highest BCUT2D eigenvalue weighted by Crippen LogP contribution is 2.13. The van der Waals surface area contributed by atoms with E-state index in [2.05, 4.69) is 17.1 Å². The van der Waals surface area contributed by atoms with Gasteiger partial charge in [-0.25, -0.2) is 0 Å². The fourth-order valence-corrected chi connectivity index (χ4v) is 2.29. The third kappa shape index (κ3) is 2.48. The van der Waals surface area contributed by atoms with Gasteiger partial charge in [0.25, 0.3) is 0 Å². The Morgan fingerprint density at radius 3 is 2.85 bits per heavy atom. The summed E-state index contributed by atoms with van der Waals surface area (Å²) < 4.78 is 2.00. The molecule has 3 nitrogen and oxygen atoms in total. The number of carbonyl (C=O) groups excluding carboxylic acids is 1. The van der Waals surface area contributed by atoms with Crippen molar-refractivity contribution in [1.29, 1.82) is 0 Å². The van der Waals surface area contributed by atoms with Crippen LogP contribution in [-0.2, 0) is 6.54 Å². The van der Waals surface area contributed by atoms with Crippen molar-refractivity contribution in [2.24, 2.45) is 0 Å². The van der Waals surface area contributed by atoms with Crippen molar-refractivity contribution in [1.82, 2.24) is 9.55 Å². The van der Waals surface area contributed by atoms with Crippen molar-refractivity contribution in [3.05, 3.63) is 66.1 Å². The van der Waals surface area contributed by atoms with Crippen LogP contribution < -0.4 is 0 Å². The van der Waals surface area contributed by atoms with E-state index >= 15 is 0 Å². The highest BCUT2D eigenvalue weighted by molar-refractivity contribution is 5.95. The number of hydrogen-bond donors (Lipinski definition) is 0. The molecule has 0 spiro atoms. The van der Waals surface area contributed by atoms with Gasteiger partial charge in [-0.3, -0.25) is 9.78 Å². The standard InChI is InChI=1S/C17H16N2O/c1-2-17(20)14-9-10-19(11-14)12-15-8-7-13-5-3-4-6-16(13)18-15/h3-11H,2,12H2,1H3. The Morgan fingerprint density at radius 1 is 1.15 bits per heavy atom. The molecule has 0 bridgehead atoms. The summed E-state index contributed by atoms with van der Waals surface area (Å²) >= 11 is 0. The Labute approximate surface area is 117 Å². The number of para-hydroxylation sites is 1. The van der Waals surface area contributed by atoms with Gasteiger partial charge in [0.05, 0.1) is 17.8 Å². The molecule has 0 atom stereocenters. The van der Waals surface area contributed by atoms with Crippen LogP contribution in [0.3, 0.4) is 0 Å². The molecule has 3 rings (SSSR count). The van der Waals surface area contributed by atoms with Gasteiger partial charge in [0, 0.05) is 29.8 Å². The average molecular weight is 264 g/mol. The highest BCUT2D eigenvalue weighted by atomic mass is 16.1. The van der Waals surface area contributed by atoms with Gasteiger partial charge in [-0.2, -0.15) is 0 Å². The van der Waals surface area contributed by atoms with Crippen LogP contribution in [0.4, 0.5) is 0 Å². The molecule has 20 heavy (non-hydrogen) atoms. The Kier molecular flexibility index (Phi) is 3.33. The van der Waals surface area contributed by atoms with E-state index in [4.69, 9.17) is 0 Å². The molecule has 0 fully saturated rings. The summed E-state index contributed by atoms with van der Waals surface area (Å²) in [6.45, 7) is 2.56. The van der Waals surface area contributed by atoms with Gasteiger partial charge >= 0.3 is 0 Å². The molecule has 1 aromatic carbocycles. The molecule has 3 heteroatoms. The predicted octanol–water partition coefficient (Wildman–Crippen LogP) is 3.68. The number of pyridine rings is 1. The molecule has 0 aliphatic heterocycles. The molecule has 0 N–H and O–H groups in total. The van der Waals surface area contributed by atoms with Crippen LogP contribution in [0.25, 0.3) is 10.9 Å². The van der Waals surface area contributed by atoms with E-state index in [9.17, 15) is 4.79 Å². The van der Waals surface area contributed by atoms with Crippen LogP contribution in [0, 0.1) is 0 Å². The van der Waals surface area contributed by atoms with Gasteiger partial charge in [-0.1, -0.05) is 31.2 Å². The summed E-state index contributed by atoms with van der Waals surface area (Å²) in [5.74, 6) is 0.176.